The zero-order valence-corrected chi connectivity index (χ0v) is 13.4. The van der Waals surface area contributed by atoms with Crippen LogP contribution < -0.4 is 15.2 Å². The van der Waals surface area contributed by atoms with E-state index in [1.165, 1.54) is 10.8 Å². The van der Waals surface area contributed by atoms with Crippen LogP contribution in [0.3, 0.4) is 0 Å². The fourth-order valence-electron chi connectivity index (χ4n) is 2.29. The lowest BCUT2D eigenvalue weighted by Crippen LogP contribution is -2.10. The van der Waals surface area contributed by atoms with E-state index in [4.69, 9.17) is 27.4 Å². The molecule has 0 atom stereocenters. The molecule has 0 aliphatic rings. The summed E-state index contributed by atoms with van der Waals surface area (Å²) >= 11 is 4.92. The van der Waals surface area contributed by atoms with E-state index in [9.17, 15) is 0 Å². The van der Waals surface area contributed by atoms with Gasteiger partial charge < -0.3 is 15.2 Å². The molecule has 0 saturated carbocycles. The van der Waals surface area contributed by atoms with Gasteiger partial charge in [0.1, 0.15) is 29.7 Å². The van der Waals surface area contributed by atoms with Crippen LogP contribution in [0.5, 0.6) is 11.5 Å². The van der Waals surface area contributed by atoms with Gasteiger partial charge in [-0.15, -0.1) is 0 Å². The van der Waals surface area contributed by atoms with Gasteiger partial charge in [0.15, 0.2) is 0 Å². The predicted molar refractivity (Wildman–Crippen MR) is 97.3 cm³/mol. The quantitative estimate of drug-likeness (QED) is 0.551. The zero-order valence-electron chi connectivity index (χ0n) is 12.6. The molecule has 0 spiro atoms. The summed E-state index contributed by atoms with van der Waals surface area (Å²) in [4.78, 5) is 0.385. The minimum absolute atomic E-state index is 0.385. The zero-order chi connectivity index (χ0) is 16.1. The van der Waals surface area contributed by atoms with Crippen LogP contribution in [-0.2, 0) is 0 Å². The molecule has 0 unspecified atom stereocenters. The summed E-state index contributed by atoms with van der Waals surface area (Å²) in [5.74, 6) is 1.61. The number of nitrogens with two attached hydrogens (primary N) is 1. The molecule has 2 N–H and O–H groups in total. The first-order valence-electron chi connectivity index (χ1n) is 7.37. The first kappa shape index (κ1) is 15.3. The molecule has 4 heteroatoms. The fourth-order valence-corrected chi connectivity index (χ4v) is 2.43. The lowest BCUT2D eigenvalue weighted by molar-refractivity contribution is 0.217. The molecule has 3 aromatic carbocycles. The van der Waals surface area contributed by atoms with Crippen LogP contribution in [0.4, 0.5) is 0 Å². The van der Waals surface area contributed by atoms with Gasteiger partial charge in [-0.05, 0) is 47.2 Å². The molecule has 3 rings (SSSR count). The van der Waals surface area contributed by atoms with E-state index in [1.54, 1.807) is 0 Å². The van der Waals surface area contributed by atoms with Crippen LogP contribution in [0.25, 0.3) is 10.8 Å². The Morgan fingerprint density at radius 1 is 0.783 bits per heavy atom. The monoisotopic (exact) mass is 323 g/mol. The Labute approximate surface area is 140 Å². The lowest BCUT2D eigenvalue weighted by atomic mass is 10.1. The predicted octanol–water partition coefficient (Wildman–Crippen LogP) is 3.93. The van der Waals surface area contributed by atoms with E-state index < -0.39 is 0 Å². The molecule has 0 saturated heterocycles. The lowest BCUT2D eigenvalue weighted by Gasteiger charge is -2.09. The summed E-state index contributed by atoms with van der Waals surface area (Å²) in [6.07, 6.45) is 0. The van der Waals surface area contributed by atoms with Crippen LogP contribution in [0, 0.1) is 0 Å². The number of ether oxygens (including phenoxy) is 2. The smallest absolute Gasteiger partial charge is 0.122 e. The Balaban J connectivity index is 1.51. The number of hydrogen-bond donors (Lipinski definition) is 1. The highest BCUT2D eigenvalue weighted by Crippen LogP contribution is 2.20. The summed E-state index contributed by atoms with van der Waals surface area (Å²) in [5, 5.41) is 2.37. The van der Waals surface area contributed by atoms with E-state index in [2.05, 4.69) is 18.2 Å². The maximum atomic E-state index is 5.73. The second-order valence-corrected chi connectivity index (χ2v) is 5.53. The van der Waals surface area contributed by atoms with Crippen molar-refractivity contribution in [3.8, 4) is 11.5 Å². The Hall–Kier alpha value is -2.59. The van der Waals surface area contributed by atoms with Crippen LogP contribution in [0.1, 0.15) is 5.56 Å². The highest BCUT2D eigenvalue weighted by Gasteiger charge is 1.99. The van der Waals surface area contributed by atoms with Crippen molar-refractivity contribution >= 4 is 28.0 Å². The average Bonchev–Trinajstić information content (AvgIpc) is 2.59. The van der Waals surface area contributed by atoms with Crippen molar-refractivity contribution in [2.24, 2.45) is 5.73 Å². The molecule has 0 bridgehead atoms. The Bertz CT molecular complexity index is 815. The summed E-state index contributed by atoms with van der Waals surface area (Å²) in [6.45, 7) is 0.953. The van der Waals surface area contributed by atoms with Crippen molar-refractivity contribution in [1.82, 2.24) is 0 Å². The average molecular weight is 323 g/mol. The van der Waals surface area contributed by atoms with Crippen molar-refractivity contribution in [3.63, 3.8) is 0 Å². The maximum absolute atomic E-state index is 5.73. The van der Waals surface area contributed by atoms with Gasteiger partial charge in [-0.3, -0.25) is 0 Å². The van der Waals surface area contributed by atoms with Crippen molar-refractivity contribution < 1.29 is 9.47 Å². The van der Waals surface area contributed by atoms with Crippen molar-refractivity contribution in [2.75, 3.05) is 13.2 Å². The minimum Gasteiger partial charge on any atom is -0.490 e. The maximum Gasteiger partial charge on any atom is 0.122 e. The first-order chi connectivity index (χ1) is 11.2. The number of thiocarbonyl (C=S) groups is 1. The largest absolute Gasteiger partial charge is 0.490 e. The van der Waals surface area contributed by atoms with Gasteiger partial charge in [-0.2, -0.15) is 0 Å². The van der Waals surface area contributed by atoms with Crippen molar-refractivity contribution in [3.05, 3.63) is 72.3 Å². The van der Waals surface area contributed by atoms with E-state index >= 15 is 0 Å². The third-order valence-corrected chi connectivity index (χ3v) is 3.72. The van der Waals surface area contributed by atoms with Crippen LogP contribution >= 0.6 is 12.2 Å². The summed E-state index contributed by atoms with van der Waals surface area (Å²) in [6, 6.07) is 21.7. The molecule has 0 fully saturated rings. The molecule has 0 aliphatic heterocycles. The van der Waals surface area contributed by atoms with E-state index in [1.807, 2.05) is 48.5 Å². The molecule has 0 amide bonds. The van der Waals surface area contributed by atoms with E-state index in [-0.39, 0.29) is 0 Å². The van der Waals surface area contributed by atoms with Crippen LogP contribution in [0.15, 0.2) is 66.7 Å². The third-order valence-electron chi connectivity index (χ3n) is 3.48. The summed E-state index contributed by atoms with van der Waals surface area (Å²) in [5.41, 5.74) is 6.39. The molecule has 0 radical (unpaired) electrons. The first-order valence-corrected chi connectivity index (χ1v) is 7.77. The Morgan fingerprint density at radius 2 is 1.39 bits per heavy atom. The summed E-state index contributed by atoms with van der Waals surface area (Å²) in [7, 11) is 0. The highest BCUT2D eigenvalue weighted by molar-refractivity contribution is 7.80. The van der Waals surface area contributed by atoms with Gasteiger partial charge in [0.25, 0.3) is 0 Å². The SMILES string of the molecule is NC(=S)c1ccc(OCCOc2ccc3ccccc3c2)cc1. The second kappa shape index (κ2) is 7.11. The Kier molecular flexibility index (Phi) is 4.74. The Morgan fingerprint density at radius 3 is 2.09 bits per heavy atom. The van der Waals surface area contributed by atoms with Crippen molar-refractivity contribution in [2.45, 2.75) is 0 Å². The second-order valence-electron chi connectivity index (χ2n) is 5.09. The minimum atomic E-state index is 0.385. The molecule has 0 aromatic heterocycles. The molecule has 0 heterocycles. The molecular formula is C19H17NO2S. The van der Waals surface area contributed by atoms with Gasteiger partial charge in [0.05, 0.1) is 0 Å². The molecular weight excluding hydrogens is 306 g/mol. The van der Waals surface area contributed by atoms with Gasteiger partial charge in [0, 0.05) is 5.56 Å². The number of rotatable bonds is 6. The van der Waals surface area contributed by atoms with Crippen LogP contribution in [0.2, 0.25) is 0 Å². The molecule has 0 aliphatic carbocycles. The standard InChI is InChI=1S/C19H17NO2S/c20-19(23)15-6-8-17(9-7-15)21-11-12-22-18-10-5-14-3-1-2-4-16(14)13-18/h1-10,13H,11-12H2,(H2,20,23). The number of hydrogen-bond acceptors (Lipinski definition) is 3. The summed E-state index contributed by atoms with van der Waals surface area (Å²) < 4.78 is 11.4. The fraction of sp³-hybridized carbons (Fsp3) is 0.105. The number of fused-ring (bicyclic) bond motifs is 1. The van der Waals surface area contributed by atoms with Gasteiger partial charge in [-0.25, -0.2) is 0 Å². The van der Waals surface area contributed by atoms with Gasteiger partial charge >= 0.3 is 0 Å². The normalized spacial score (nSPS) is 10.4. The van der Waals surface area contributed by atoms with E-state index in [0.29, 0.717) is 18.2 Å². The highest BCUT2D eigenvalue weighted by atomic mass is 32.1. The molecule has 23 heavy (non-hydrogen) atoms. The molecule has 3 nitrogen and oxygen atoms in total. The molecule has 3 aromatic rings. The van der Waals surface area contributed by atoms with Crippen LogP contribution in [-0.4, -0.2) is 18.2 Å². The van der Waals surface area contributed by atoms with Gasteiger partial charge in [0.2, 0.25) is 0 Å². The van der Waals surface area contributed by atoms with E-state index in [0.717, 1.165) is 17.1 Å². The number of benzene rings is 3. The molecule has 116 valence electrons. The van der Waals surface area contributed by atoms with Crippen molar-refractivity contribution in [1.29, 1.82) is 0 Å². The topological polar surface area (TPSA) is 44.5 Å². The third kappa shape index (κ3) is 3.99. The van der Waals surface area contributed by atoms with Gasteiger partial charge in [-0.1, -0.05) is 42.5 Å².